The number of hydrogen-bond acceptors (Lipinski definition) is 6. The van der Waals surface area contributed by atoms with Gasteiger partial charge in [-0.3, -0.25) is 4.90 Å². The Bertz CT molecular complexity index is 681. The molecule has 6 heteroatoms. The highest BCUT2D eigenvalue weighted by atomic mass is 16.6. The molecule has 1 aromatic carbocycles. The van der Waals surface area contributed by atoms with E-state index < -0.39 is 5.97 Å². The minimum Gasteiger partial charge on any atom is -0.486 e. The third-order valence-corrected chi connectivity index (χ3v) is 3.56. The number of carbonyl (C=O) groups excluding carboxylic acids is 1. The second kappa shape index (κ2) is 6.75. The zero-order valence-electron chi connectivity index (χ0n) is 13.2. The van der Waals surface area contributed by atoms with Gasteiger partial charge in [0.2, 0.25) is 5.76 Å². The van der Waals surface area contributed by atoms with E-state index in [1.54, 1.807) is 12.1 Å². The van der Waals surface area contributed by atoms with Crippen LogP contribution >= 0.6 is 0 Å². The van der Waals surface area contributed by atoms with Crippen molar-refractivity contribution in [3.05, 3.63) is 47.9 Å². The smallest absolute Gasteiger partial charge is 0.373 e. The highest BCUT2D eigenvalue weighted by Crippen LogP contribution is 2.31. The Balaban J connectivity index is 1.55. The molecular weight excluding hydrogens is 298 g/mol. The van der Waals surface area contributed by atoms with Crippen LogP contribution in [0, 0.1) is 0 Å². The summed E-state index contributed by atoms with van der Waals surface area (Å²) in [5.41, 5.74) is 0. The van der Waals surface area contributed by atoms with Crippen LogP contribution in [0.5, 0.6) is 11.5 Å². The lowest BCUT2D eigenvalue weighted by Gasteiger charge is -2.29. The Hall–Kier alpha value is -2.47. The third kappa shape index (κ3) is 3.65. The van der Waals surface area contributed by atoms with Gasteiger partial charge in [0.15, 0.2) is 11.5 Å². The van der Waals surface area contributed by atoms with Crippen molar-refractivity contribution < 1.29 is 23.4 Å². The van der Waals surface area contributed by atoms with E-state index in [4.69, 9.17) is 13.9 Å². The van der Waals surface area contributed by atoms with Gasteiger partial charge in [0.05, 0.1) is 13.7 Å². The summed E-state index contributed by atoms with van der Waals surface area (Å²) in [6.07, 6.45) is -0.0510. The van der Waals surface area contributed by atoms with Crippen molar-refractivity contribution in [1.82, 2.24) is 4.90 Å². The van der Waals surface area contributed by atoms with E-state index in [2.05, 4.69) is 9.64 Å². The first kappa shape index (κ1) is 15.4. The molecule has 0 unspecified atom stereocenters. The van der Waals surface area contributed by atoms with Crippen molar-refractivity contribution in [1.29, 1.82) is 0 Å². The number of esters is 1. The van der Waals surface area contributed by atoms with Crippen molar-refractivity contribution in [3.8, 4) is 11.5 Å². The first-order valence-corrected chi connectivity index (χ1v) is 7.40. The van der Waals surface area contributed by atoms with Crippen molar-refractivity contribution in [2.24, 2.45) is 0 Å². The molecule has 23 heavy (non-hydrogen) atoms. The summed E-state index contributed by atoms with van der Waals surface area (Å²) in [7, 11) is 3.29. The van der Waals surface area contributed by atoms with E-state index in [1.165, 1.54) is 7.11 Å². The minimum atomic E-state index is -0.473. The molecule has 0 N–H and O–H groups in total. The van der Waals surface area contributed by atoms with Crippen LogP contribution in [0.3, 0.4) is 0 Å². The molecule has 0 bridgehead atoms. The molecule has 3 rings (SSSR count). The molecule has 0 saturated heterocycles. The van der Waals surface area contributed by atoms with Gasteiger partial charge in [-0.2, -0.15) is 0 Å². The summed E-state index contributed by atoms with van der Waals surface area (Å²) in [5.74, 6) is 1.98. The molecule has 0 spiro atoms. The van der Waals surface area contributed by atoms with E-state index in [1.807, 2.05) is 31.3 Å². The Labute approximate surface area is 134 Å². The van der Waals surface area contributed by atoms with Crippen LogP contribution in [-0.4, -0.2) is 44.3 Å². The van der Waals surface area contributed by atoms with Crippen LogP contribution in [0.1, 0.15) is 16.3 Å². The van der Waals surface area contributed by atoms with E-state index >= 15 is 0 Å². The molecule has 2 heterocycles. The lowest BCUT2D eigenvalue weighted by Crippen LogP contribution is -2.39. The molecule has 2 aromatic rings. The van der Waals surface area contributed by atoms with E-state index in [0.717, 1.165) is 11.5 Å². The van der Waals surface area contributed by atoms with Crippen LogP contribution in [-0.2, 0) is 11.3 Å². The Morgan fingerprint density at radius 3 is 2.83 bits per heavy atom. The number of para-hydroxylation sites is 2. The Kier molecular flexibility index (Phi) is 4.52. The van der Waals surface area contributed by atoms with Crippen LogP contribution < -0.4 is 9.47 Å². The number of methoxy groups -OCH3 is 1. The molecular formula is C17H19NO5. The molecule has 1 atom stereocenters. The number of nitrogens with zero attached hydrogens (tertiary/aromatic N) is 1. The van der Waals surface area contributed by atoms with Crippen molar-refractivity contribution in [2.75, 3.05) is 27.3 Å². The molecule has 0 radical (unpaired) electrons. The van der Waals surface area contributed by atoms with Gasteiger partial charge in [0, 0.05) is 6.54 Å². The van der Waals surface area contributed by atoms with Crippen LogP contribution in [0.4, 0.5) is 0 Å². The number of carbonyl (C=O) groups is 1. The molecule has 0 amide bonds. The molecule has 1 aliphatic rings. The molecule has 0 aliphatic carbocycles. The maximum Gasteiger partial charge on any atom is 0.373 e. The second-order valence-corrected chi connectivity index (χ2v) is 5.45. The first-order chi connectivity index (χ1) is 11.2. The number of rotatable bonds is 5. The average molecular weight is 317 g/mol. The monoisotopic (exact) mass is 317 g/mol. The molecule has 0 fully saturated rings. The third-order valence-electron chi connectivity index (χ3n) is 3.56. The predicted octanol–water partition coefficient (Wildman–Crippen LogP) is 2.34. The van der Waals surface area contributed by atoms with E-state index in [-0.39, 0.29) is 11.9 Å². The van der Waals surface area contributed by atoms with Crippen LogP contribution in [0.25, 0.3) is 0 Å². The summed E-state index contributed by atoms with van der Waals surface area (Å²) in [4.78, 5) is 13.4. The Morgan fingerprint density at radius 2 is 2.04 bits per heavy atom. The molecule has 122 valence electrons. The fraction of sp³-hybridized carbons (Fsp3) is 0.353. The Morgan fingerprint density at radius 1 is 1.26 bits per heavy atom. The second-order valence-electron chi connectivity index (χ2n) is 5.45. The van der Waals surface area contributed by atoms with Gasteiger partial charge in [0.1, 0.15) is 18.5 Å². The van der Waals surface area contributed by atoms with Crippen molar-refractivity contribution >= 4 is 5.97 Å². The van der Waals surface area contributed by atoms with Crippen LogP contribution in [0.2, 0.25) is 0 Å². The number of fused-ring (bicyclic) bond motifs is 1. The van der Waals surface area contributed by atoms with Gasteiger partial charge in [0.25, 0.3) is 0 Å². The highest BCUT2D eigenvalue weighted by Gasteiger charge is 2.22. The molecule has 0 saturated carbocycles. The quantitative estimate of drug-likeness (QED) is 0.789. The summed E-state index contributed by atoms with van der Waals surface area (Å²) < 4.78 is 21.7. The highest BCUT2D eigenvalue weighted by molar-refractivity contribution is 5.86. The number of ether oxygens (including phenoxy) is 3. The zero-order valence-corrected chi connectivity index (χ0v) is 13.2. The summed E-state index contributed by atoms with van der Waals surface area (Å²) >= 11 is 0. The maximum atomic E-state index is 11.4. The van der Waals surface area contributed by atoms with Crippen molar-refractivity contribution in [3.63, 3.8) is 0 Å². The first-order valence-electron chi connectivity index (χ1n) is 7.40. The van der Waals surface area contributed by atoms with Gasteiger partial charge < -0.3 is 18.6 Å². The number of hydrogen-bond donors (Lipinski definition) is 0. The van der Waals surface area contributed by atoms with Gasteiger partial charge in [-0.1, -0.05) is 12.1 Å². The molecule has 1 aromatic heterocycles. The molecule has 6 nitrogen and oxygen atoms in total. The summed E-state index contributed by atoms with van der Waals surface area (Å²) in [6.45, 7) is 1.76. The van der Waals surface area contributed by atoms with Gasteiger partial charge in [-0.15, -0.1) is 0 Å². The SMILES string of the molecule is COC(=O)c1ccc(CN(C)C[C@@H]2COc3ccccc3O2)o1. The topological polar surface area (TPSA) is 61.1 Å². The minimum absolute atomic E-state index is 0.0510. The van der Waals surface area contributed by atoms with E-state index in [0.29, 0.717) is 25.5 Å². The van der Waals surface area contributed by atoms with Crippen LogP contribution in [0.15, 0.2) is 40.8 Å². The number of benzene rings is 1. The average Bonchev–Trinajstić information content (AvgIpc) is 3.02. The summed E-state index contributed by atoms with van der Waals surface area (Å²) in [6, 6.07) is 11.0. The maximum absolute atomic E-state index is 11.4. The van der Waals surface area contributed by atoms with Gasteiger partial charge in [-0.05, 0) is 31.3 Å². The lowest BCUT2D eigenvalue weighted by atomic mass is 10.2. The predicted molar refractivity (Wildman–Crippen MR) is 82.7 cm³/mol. The standard InChI is InChI=1S/C17H19NO5/c1-18(9-12-7-8-16(22-12)17(19)20-2)10-13-11-21-14-5-3-4-6-15(14)23-13/h3-8,13H,9-11H2,1-2H3/t13-/m1/s1. The fourth-order valence-corrected chi connectivity index (χ4v) is 2.50. The number of likely N-dealkylation sites (N-methyl/N-ethyl adjacent to an activating group) is 1. The lowest BCUT2D eigenvalue weighted by molar-refractivity contribution is 0.0550. The largest absolute Gasteiger partial charge is 0.486 e. The number of furan rings is 1. The van der Waals surface area contributed by atoms with E-state index in [9.17, 15) is 4.79 Å². The normalized spacial score (nSPS) is 16.4. The van der Waals surface area contributed by atoms with Crippen molar-refractivity contribution in [2.45, 2.75) is 12.6 Å². The zero-order chi connectivity index (χ0) is 16.2. The fourth-order valence-electron chi connectivity index (χ4n) is 2.50. The summed E-state index contributed by atoms with van der Waals surface area (Å²) in [5, 5.41) is 0. The van der Waals surface area contributed by atoms with Gasteiger partial charge >= 0.3 is 5.97 Å². The molecule has 1 aliphatic heterocycles. The van der Waals surface area contributed by atoms with Gasteiger partial charge in [-0.25, -0.2) is 4.79 Å².